The van der Waals surface area contributed by atoms with Crippen LogP contribution in [0.25, 0.3) is 11.2 Å². The molecule has 1 aliphatic heterocycles. The lowest BCUT2D eigenvalue weighted by atomic mass is 10.1. The van der Waals surface area contributed by atoms with Gasteiger partial charge in [-0.15, -0.1) is 0 Å². The molecule has 3 aromatic rings. The monoisotopic (exact) mass is 431 g/mol. The lowest BCUT2D eigenvalue weighted by Crippen LogP contribution is -2.43. The largest absolute Gasteiger partial charge is 0.332 e. The van der Waals surface area contributed by atoms with Gasteiger partial charge in [0.2, 0.25) is 5.91 Å². The van der Waals surface area contributed by atoms with Crippen LogP contribution in [0.5, 0.6) is 0 Å². The van der Waals surface area contributed by atoms with E-state index in [0.717, 1.165) is 4.57 Å². The zero-order chi connectivity index (χ0) is 21.6. The number of hydrogen-bond donors (Lipinski definition) is 0. The van der Waals surface area contributed by atoms with E-state index in [1.165, 1.54) is 34.5 Å². The van der Waals surface area contributed by atoms with Crippen molar-refractivity contribution in [1.82, 2.24) is 18.7 Å². The molecule has 1 fully saturated rings. The number of imidazole rings is 1. The van der Waals surface area contributed by atoms with Crippen molar-refractivity contribution in [3.8, 4) is 0 Å². The first kappa shape index (κ1) is 20.1. The van der Waals surface area contributed by atoms with Crippen molar-refractivity contribution >= 4 is 32.6 Å². The number of fused-ring (bicyclic) bond motifs is 1. The highest BCUT2D eigenvalue weighted by atomic mass is 32.2. The van der Waals surface area contributed by atoms with Crippen molar-refractivity contribution < 1.29 is 13.2 Å². The molecule has 30 heavy (non-hydrogen) atoms. The predicted octanol–water partition coefficient (Wildman–Crippen LogP) is -0.346. The molecule has 4 rings (SSSR count). The molecule has 0 bridgehead atoms. The van der Waals surface area contributed by atoms with Gasteiger partial charge in [0.25, 0.3) is 5.56 Å². The summed E-state index contributed by atoms with van der Waals surface area (Å²) >= 11 is 0. The smallest absolute Gasteiger partial charge is 0.315 e. The third kappa shape index (κ3) is 3.34. The highest BCUT2D eigenvalue weighted by molar-refractivity contribution is 7.91. The third-order valence-electron chi connectivity index (χ3n) is 5.40. The zero-order valence-electron chi connectivity index (χ0n) is 16.6. The molecule has 0 spiro atoms. The van der Waals surface area contributed by atoms with Crippen LogP contribution in [0.2, 0.25) is 0 Å². The first-order valence-electron chi connectivity index (χ1n) is 9.38. The van der Waals surface area contributed by atoms with E-state index in [2.05, 4.69) is 4.98 Å². The summed E-state index contributed by atoms with van der Waals surface area (Å²) in [5.74, 6) is -0.432. The number of nitrogens with zero attached hydrogens (tertiary/aromatic N) is 5. The van der Waals surface area contributed by atoms with E-state index in [1.54, 1.807) is 24.3 Å². The number of aromatic nitrogens is 4. The van der Waals surface area contributed by atoms with Crippen molar-refractivity contribution in [2.24, 2.45) is 14.1 Å². The molecule has 1 aliphatic rings. The maximum Gasteiger partial charge on any atom is 0.332 e. The van der Waals surface area contributed by atoms with Crippen LogP contribution in [0.3, 0.4) is 0 Å². The van der Waals surface area contributed by atoms with Crippen molar-refractivity contribution in [3.63, 3.8) is 0 Å². The van der Waals surface area contributed by atoms with Gasteiger partial charge in [0.15, 0.2) is 21.0 Å². The van der Waals surface area contributed by atoms with E-state index >= 15 is 0 Å². The van der Waals surface area contributed by atoms with Crippen molar-refractivity contribution in [1.29, 1.82) is 0 Å². The second kappa shape index (κ2) is 7.24. The van der Waals surface area contributed by atoms with Crippen LogP contribution in [-0.2, 0) is 35.3 Å². The summed E-state index contributed by atoms with van der Waals surface area (Å²) in [7, 11) is -0.339. The van der Waals surface area contributed by atoms with Crippen LogP contribution in [-0.4, -0.2) is 50.6 Å². The van der Waals surface area contributed by atoms with Crippen molar-refractivity contribution in [2.75, 3.05) is 16.4 Å². The first-order chi connectivity index (χ1) is 14.2. The van der Waals surface area contributed by atoms with Gasteiger partial charge in [-0.3, -0.25) is 18.7 Å². The Balaban J connectivity index is 1.75. The number of benzene rings is 1. The van der Waals surface area contributed by atoms with E-state index in [9.17, 15) is 22.8 Å². The second-order valence-electron chi connectivity index (χ2n) is 7.41. The molecular weight excluding hydrogens is 410 g/mol. The van der Waals surface area contributed by atoms with E-state index in [1.807, 2.05) is 6.07 Å². The van der Waals surface area contributed by atoms with Gasteiger partial charge in [0, 0.05) is 19.8 Å². The Hall–Kier alpha value is -3.21. The van der Waals surface area contributed by atoms with E-state index in [4.69, 9.17) is 0 Å². The average Bonchev–Trinajstić information content (AvgIpc) is 3.29. The summed E-state index contributed by atoms with van der Waals surface area (Å²) in [6.45, 7) is -0.213. The Kier molecular flexibility index (Phi) is 4.85. The Bertz CT molecular complexity index is 1350. The summed E-state index contributed by atoms with van der Waals surface area (Å²) < 4.78 is 27.6. The minimum atomic E-state index is -3.21. The number of amides is 1. The van der Waals surface area contributed by atoms with Gasteiger partial charge in [0.05, 0.1) is 23.9 Å². The molecule has 0 aliphatic carbocycles. The molecular formula is C19H21N5O5S. The molecule has 0 saturated carbocycles. The minimum Gasteiger partial charge on any atom is -0.315 e. The van der Waals surface area contributed by atoms with Gasteiger partial charge in [-0.05, 0) is 18.6 Å². The number of anilines is 1. The Morgan fingerprint density at radius 2 is 1.87 bits per heavy atom. The van der Waals surface area contributed by atoms with Gasteiger partial charge in [-0.2, -0.15) is 0 Å². The number of aryl methyl sites for hydroxylation is 1. The quantitative estimate of drug-likeness (QED) is 0.558. The van der Waals surface area contributed by atoms with E-state index in [0.29, 0.717) is 12.1 Å². The fraction of sp³-hybridized carbons (Fsp3) is 0.368. The van der Waals surface area contributed by atoms with Crippen molar-refractivity contribution in [3.05, 3.63) is 57.5 Å². The summed E-state index contributed by atoms with van der Waals surface area (Å²) in [6.07, 6.45) is 1.70. The molecule has 1 aromatic carbocycles. The van der Waals surface area contributed by atoms with Gasteiger partial charge in [0.1, 0.15) is 6.54 Å². The topological polar surface area (TPSA) is 116 Å². The molecule has 3 heterocycles. The molecule has 1 atom stereocenters. The molecule has 158 valence electrons. The number of para-hydroxylation sites is 1. The Morgan fingerprint density at radius 1 is 1.17 bits per heavy atom. The molecule has 1 amide bonds. The van der Waals surface area contributed by atoms with Crippen LogP contribution in [0.15, 0.2) is 46.2 Å². The number of rotatable bonds is 4. The molecule has 0 radical (unpaired) electrons. The van der Waals surface area contributed by atoms with Crippen LogP contribution in [0, 0.1) is 0 Å². The van der Waals surface area contributed by atoms with Crippen LogP contribution in [0.4, 0.5) is 5.69 Å². The normalized spacial score (nSPS) is 18.0. The van der Waals surface area contributed by atoms with E-state index in [-0.39, 0.29) is 35.1 Å². The molecule has 10 nitrogen and oxygen atoms in total. The van der Waals surface area contributed by atoms with Crippen molar-refractivity contribution in [2.45, 2.75) is 19.0 Å². The fourth-order valence-corrected chi connectivity index (χ4v) is 5.56. The van der Waals surface area contributed by atoms with Gasteiger partial charge < -0.3 is 9.47 Å². The molecule has 0 unspecified atom stereocenters. The average molecular weight is 431 g/mol. The van der Waals surface area contributed by atoms with Crippen LogP contribution >= 0.6 is 0 Å². The first-order valence-corrected chi connectivity index (χ1v) is 11.2. The molecule has 2 aromatic heterocycles. The Morgan fingerprint density at radius 3 is 2.50 bits per heavy atom. The zero-order valence-corrected chi connectivity index (χ0v) is 17.4. The fourth-order valence-electron chi connectivity index (χ4n) is 3.86. The highest BCUT2D eigenvalue weighted by Gasteiger charge is 2.35. The summed E-state index contributed by atoms with van der Waals surface area (Å²) in [4.78, 5) is 43.7. The number of carbonyl (C=O) groups excluding carboxylic acids is 1. The van der Waals surface area contributed by atoms with Gasteiger partial charge in [-0.25, -0.2) is 18.2 Å². The second-order valence-corrected chi connectivity index (χ2v) is 9.64. The van der Waals surface area contributed by atoms with Crippen LogP contribution < -0.4 is 16.1 Å². The molecule has 11 heteroatoms. The lowest BCUT2D eigenvalue weighted by molar-refractivity contribution is -0.119. The molecule has 0 N–H and O–H groups in total. The SMILES string of the molecule is Cn1c(=O)c2c(ncn2CC(=O)N(c2ccccc2)[C@H]2CCS(=O)(=O)C2)n(C)c1=O. The number of hydrogen-bond acceptors (Lipinski definition) is 6. The van der Waals surface area contributed by atoms with Gasteiger partial charge >= 0.3 is 5.69 Å². The minimum absolute atomic E-state index is 0.0327. The maximum atomic E-state index is 13.3. The van der Waals surface area contributed by atoms with Gasteiger partial charge in [-0.1, -0.05) is 18.2 Å². The van der Waals surface area contributed by atoms with Crippen LogP contribution in [0.1, 0.15) is 6.42 Å². The highest BCUT2D eigenvalue weighted by Crippen LogP contribution is 2.25. The lowest BCUT2D eigenvalue weighted by Gasteiger charge is -2.28. The number of carbonyl (C=O) groups is 1. The Labute approximate surface area is 171 Å². The standard InChI is InChI=1S/C19H21N5O5S/c1-21-17-16(18(26)22(2)19(21)27)23(12-20-17)10-15(25)24(13-6-4-3-5-7-13)14-8-9-30(28,29)11-14/h3-7,12,14H,8-11H2,1-2H3/t14-/m0/s1. The van der Waals surface area contributed by atoms with E-state index < -0.39 is 27.1 Å². The summed E-state index contributed by atoms with van der Waals surface area (Å²) in [5, 5.41) is 0. The summed E-state index contributed by atoms with van der Waals surface area (Å²) in [6, 6.07) is 8.38. The predicted molar refractivity (Wildman–Crippen MR) is 111 cm³/mol. The molecule has 1 saturated heterocycles. The number of sulfone groups is 1. The summed E-state index contributed by atoms with van der Waals surface area (Å²) in [5.41, 5.74) is -0.140. The maximum absolute atomic E-state index is 13.3. The third-order valence-corrected chi connectivity index (χ3v) is 7.15.